The van der Waals surface area contributed by atoms with Crippen LogP contribution in [0.1, 0.15) is 214 Å². The van der Waals surface area contributed by atoms with E-state index in [1.807, 2.05) is 0 Å². The van der Waals surface area contributed by atoms with Crippen molar-refractivity contribution in [2.24, 2.45) is 11.8 Å². The summed E-state index contributed by atoms with van der Waals surface area (Å²) in [6.45, 7) is 16.9. The van der Waals surface area contributed by atoms with E-state index < -0.39 is 6.10 Å². The molecule has 3 unspecified atom stereocenters. The van der Waals surface area contributed by atoms with Gasteiger partial charge < -0.3 is 24.6 Å². The molecule has 0 aromatic carbocycles. The molecule has 8 nitrogen and oxygen atoms in total. The van der Waals surface area contributed by atoms with Crippen LogP contribution in [0.15, 0.2) is 0 Å². The van der Waals surface area contributed by atoms with E-state index in [-0.39, 0.29) is 24.5 Å². The van der Waals surface area contributed by atoms with Crippen molar-refractivity contribution in [2.45, 2.75) is 221 Å². The molecule has 0 saturated carbocycles. The average Bonchev–Trinajstić information content (AvgIpc) is 3.22. The largest absolute Gasteiger partial charge is 0.465 e. The molecule has 58 heavy (non-hydrogen) atoms. The first kappa shape index (κ1) is 57.1. The molecule has 9 heteroatoms. The minimum atomic E-state index is -0.478. The fraction of sp³-hybridized carbons (Fsp3) is 0.959. The number of likely N-dealkylation sites (N-methyl/N-ethyl adjacent to an activating group) is 1. The summed E-state index contributed by atoms with van der Waals surface area (Å²) in [6.07, 6.45) is 31.9. The van der Waals surface area contributed by atoms with Crippen LogP contribution in [0.4, 0.5) is 0 Å². The van der Waals surface area contributed by atoms with Crippen LogP contribution < -0.4 is 0 Å². The molecule has 0 heterocycles. The van der Waals surface area contributed by atoms with Crippen molar-refractivity contribution in [3.63, 3.8) is 0 Å². The molecule has 0 rings (SSSR count). The summed E-state index contributed by atoms with van der Waals surface area (Å²) >= 11 is 1.65. The molecule has 0 aliphatic carbocycles. The molecule has 0 bridgehead atoms. The Labute approximate surface area is 364 Å². The Balaban J connectivity index is 4.74. The maximum Gasteiger partial charge on any atom is 0.308 e. The van der Waals surface area contributed by atoms with Crippen LogP contribution in [-0.4, -0.2) is 109 Å². The summed E-state index contributed by atoms with van der Waals surface area (Å²) in [5.41, 5.74) is 0. The van der Waals surface area contributed by atoms with Gasteiger partial charge in [0.1, 0.15) is 6.61 Å². The van der Waals surface area contributed by atoms with E-state index in [0.717, 1.165) is 71.1 Å². The predicted octanol–water partition coefficient (Wildman–Crippen LogP) is 12.0. The van der Waals surface area contributed by atoms with Gasteiger partial charge in [-0.2, -0.15) is 11.8 Å². The standard InChI is InChI=1S/C49H98N2O6S/c1-6-11-15-19-21-25-31-45(30-24-17-13-8-3)43-57-48(54)34-28-23-29-35-51(37-36-50(10-5)38-39-52)42-47(53)44-58-41-40-56-49(55)46(32-26-18-14-9-4)33-27-22-20-16-12-7-2/h45-47,52-53H,6-44H2,1-5H3. The van der Waals surface area contributed by atoms with Crippen molar-refractivity contribution >= 4 is 23.7 Å². The molecule has 0 aromatic heterocycles. The molecule has 3 atom stereocenters. The van der Waals surface area contributed by atoms with Crippen LogP contribution in [0.5, 0.6) is 0 Å². The molecular weight excluding hydrogens is 745 g/mol. The Morgan fingerprint density at radius 1 is 0.569 bits per heavy atom. The predicted molar refractivity (Wildman–Crippen MR) is 250 cm³/mol. The SMILES string of the molecule is CCCCCCCCC(CCCCCC)COC(=O)CCCCCN(CCN(CC)CCO)CC(O)CSCCOC(=O)C(CCCCCC)CCCCCCCC. The quantitative estimate of drug-likeness (QED) is 0.0458. The minimum Gasteiger partial charge on any atom is -0.465 e. The first-order valence-electron chi connectivity index (χ1n) is 25.0. The number of aliphatic hydroxyl groups excluding tert-OH is 2. The number of hydrogen-bond donors (Lipinski definition) is 2. The molecule has 0 aliphatic rings. The van der Waals surface area contributed by atoms with Crippen molar-refractivity contribution in [3.05, 3.63) is 0 Å². The van der Waals surface area contributed by atoms with Gasteiger partial charge in [-0.1, -0.05) is 169 Å². The van der Waals surface area contributed by atoms with Crippen LogP contribution in [0.2, 0.25) is 0 Å². The van der Waals surface area contributed by atoms with E-state index in [2.05, 4.69) is 44.4 Å². The average molecular weight is 843 g/mol. The zero-order valence-electron chi connectivity index (χ0n) is 39.1. The Morgan fingerprint density at radius 3 is 1.62 bits per heavy atom. The van der Waals surface area contributed by atoms with Crippen molar-refractivity contribution in [1.29, 1.82) is 0 Å². The first-order valence-corrected chi connectivity index (χ1v) is 26.1. The normalized spacial score (nSPS) is 13.3. The Kier molecular flexibility index (Phi) is 43.5. The summed E-state index contributed by atoms with van der Waals surface area (Å²) in [7, 11) is 0. The van der Waals surface area contributed by atoms with Gasteiger partial charge in [0.15, 0.2) is 0 Å². The number of rotatable bonds is 46. The number of aliphatic hydroxyl groups is 2. The minimum absolute atomic E-state index is 0.0172. The second kappa shape index (κ2) is 44.2. The maximum absolute atomic E-state index is 13.0. The number of thioether (sulfide) groups is 1. The highest BCUT2D eigenvalue weighted by molar-refractivity contribution is 7.99. The van der Waals surface area contributed by atoms with E-state index >= 15 is 0 Å². The Bertz CT molecular complexity index is 882. The van der Waals surface area contributed by atoms with E-state index in [9.17, 15) is 19.8 Å². The zero-order valence-corrected chi connectivity index (χ0v) is 40.0. The molecule has 346 valence electrons. The molecule has 0 radical (unpaired) electrons. The summed E-state index contributed by atoms with van der Waals surface area (Å²) in [6, 6.07) is 0. The van der Waals surface area contributed by atoms with Gasteiger partial charge in [-0.05, 0) is 57.5 Å². The number of ether oxygens (including phenoxy) is 2. The number of unbranched alkanes of at least 4 members (excludes halogenated alkanes) is 18. The molecule has 2 N–H and O–H groups in total. The van der Waals surface area contributed by atoms with Gasteiger partial charge in [-0.15, -0.1) is 0 Å². The molecule has 0 aliphatic heterocycles. The third kappa shape index (κ3) is 36.9. The molecule has 0 amide bonds. The topological polar surface area (TPSA) is 99.5 Å². The lowest BCUT2D eigenvalue weighted by molar-refractivity contribution is -0.148. The number of carbonyl (C=O) groups is 2. The second-order valence-corrected chi connectivity index (χ2v) is 18.4. The summed E-state index contributed by atoms with van der Waals surface area (Å²) in [4.78, 5) is 30.4. The van der Waals surface area contributed by atoms with Gasteiger partial charge in [-0.3, -0.25) is 14.5 Å². The maximum atomic E-state index is 13.0. The fourth-order valence-electron chi connectivity index (χ4n) is 7.85. The van der Waals surface area contributed by atoms with Crippen molar-refractivity contribution in [2.75, 3.05) is 70.6 Å². The summed E-state index contributed by atoms with van der Waals surface area (Å²) in [5.74, 6) is 1.72. The second-order valence-electron chi connectivity index (χ2n) is 17.2. The summed E-state index contributed by atoms with van der Waals surface area (Å²) in [5, 5.41) is 20.5. The molecule has 0 aromatic rings. The highest BCUT2D eigenvalue weighted by Crippen LogP contribution is 2.22. The van der Waals surface area contributed by atoms with Gasteiger partial charge in [0, 0.05) is 44.1 Å². The number of hydrogen-bond acceptors (Lipinski definition) is 9. The Morgan fingerprint density at radius 2 is 1.07 bits per heavy atom. The van der Waals surface area contributed by atoms with Crippen molar-refractivity contribution < 1.29 is 29.3 Å². The lowest BCUT2D eigenvalue weighted by Crippen LogP contribution is -2.41. The molecular formula is C49H98N2O6S. The first-order chi connectivity index (χ1) is 28.3. The van der Waals surface area contributed by atoms with Gasteiger partial charge in [0.2, 0.25) is 0 Å². The molecule has 0 saturated heterocycles. The fourth-order valence-corrected chi connectivity index (χ4v) is 8.60. The zero-order chi connectivity index (χ0) is 42.7. The van der Waals surface area contributed by atoms with Gasteiger partial charge >= 0.3 is 11.9 Å². The summed E-state index contributed by atoms with van der Waals surface area (Å²) < 4.78 is 11.6. The van der Waals surface area contributed by atoms with E-state index in [0.29, 0.717) is 50.1 Å². The smallest absolute Gasteiger partial charge is 0.308 e. The van der Waals surface area contributed by atoms with E-state index in [4.69, 9.17) is 9.47 Å². The Hall–Kier alpha value is -0.870. The lowest BCUT2D eigenvalue weighted by atomic mass is 9.94. The van der Waals surface area contributed by atoms with Gasteiger partial charge in [-0.25, -0.2) is 0 Å². The number of nitrogens with zero attached hydrogens (tertiary/aromatic N) is 2. The highest BCUT2D eigenvalue weighted by atomic mass is 32.2. The van der Waals surface area contributed by atoms with Crippen LogP contribution in [-0.2, 0) is 19.1 Å². The molecule has 0 spiro atoms. The van der Waals surface area contributed by atoms with E-state index in [1.165, 1.54) is 128 Å². The van der Waals surface area contributed by atoms with Gasteiger partial charge in [0.05, 0.1) is 25.2 Å². The van der Waals surface area contributed by atoms with Gasteiger partial charge in [0.25, 0.3) is 0 Å². The lowest BCUT2D eigenvalue weighted by Gasteiger charge is -2.28. The van der Waals surface area contributed by atoms with Crippen LogP contribution >= 0.6 is 11.8 Å². The third-order valence-corrected chi connectivity index (χ3v) is 12.8. The monoisotopic (exact) mass is 843 g/mol. The number of carbonyl (C=O) groups excluding carboxylic acids is 2. The van der Waals surface area contributed by atoms with E-state index in [1.54, 1.807) is 11.8 Å². The van der Waals surface area contributed by atoms with Crippen LogP contribution in [0.25, 0.3) is 0 Å². The number of esters is 2. The van der Waals surface area contributed by atoms with Crippen molar-refractivity contribution in [3.8, 4) is 0 Å². The van der Waals surface area contributed by atoms with Crippen LogP contribution in [0, 0.1) is 11.8 Å². The van der Waals surface area contributed by atoms with Crippen molar-refractivity contribution in [1.82, 2.24) is 9.80 Å². The molecule has 0 fully saturated rings. The third-order valence-electron chi connectivity index (χ3n) is 11.8. The van der Waals surface area contributed by atoms with Crippen LogP contribution in [0.3, 0.4) is 0 Å². The highest BCUT2D eigenvalue weighted by Gasteiger charge is 2.20.